The lowest BCUT2D eigenvalue weighted by molar-refractivity contribution is -0.161. The van der Waals surface area contributed by atoms with Crippen LogP contribution in [0.15, 0.2) is 97.2 Å². The minimum atomic E-state index is -4.90. The van der Waals surface area contributed by atoms with E-state index in [-0.39, 0.29) is 25.7 Å². The molecule has 0 aliphatic heterocycles. The second kappa shape index (κ2) is 40.5. The van der Waals surface area contributed by atoms with E-state index in [1.165, 1.54) is 32.1 Å². The maximum Gasteiger partial charge on any atom is 0.472 e. The predicted octanol–water partition coefficient (Wildman–Crippen LogP) is 9.28. The quantitative estimate of drug-likeness (QED) is 0.0110. The third-order valence-electron chi connectivity index (χ3n) is 8.63. The van der Waals surface area contributed by atoms with Crippen LogP contribution in [0, 0.1) is 0 Å². The predicted molar refractivity (Wildman–Crippen MR) is 246 cm³/mol. The number of carbonyl (C=O) groups is 2. The van der Waals surface area contributed by atoms with Crippen LogP contribution in [0.4, 0.5) is 0 Å². The normalized spacial score (nSPS) is 15.9. The number of phosphoric acid groups is 2. The molecule has 0 aromatic heterocycles. The lowest BCUT2D eigenvalue weighted by Crippen LogP contribution is -2.30. The Hall–Kier alpha value is -3.04. The van der Waals surface area contributed by atoms with Crippen LogP contribution in [0.3, 0.4) is 0 Å². The van der Waals surface area contributed by atoms with E-state index in [0.717, 1.165) is 38.5 Å². The zero-order valence-corrected chi connectivity index (χ0v) is 39.1. The Balaban J connectivity index is 4.87. The van der Waals surface area contributed by atoms with E-state index in [2.05, 4.69) is 65.4 Å². The molecule has 0 fully saturated rings. The van der Waals surface area contributed by atoms with Crippen molar-refractivity contribution >= 4 is 27.6 Å². The number of ether oxygens (including phenoxy) is 2. The van der Waals surface area contributed by atoms with Crippen LogP contribution in [0.1, 0.15) is 129 Å². The Labute approximate surface area is 375 Å². The van der Waals surface area contributed by atoms with Crippen molar-refractivity contribution in [3.05, 3.63) is 97.2 Å². The van der Waals surface area contributed by atoms with Gasteiger partial charge in [0, 0.05) is 12.8 Å². The Morgan fingerprint density at radius 3 is 1.60 bits per heavy atom. The molecule has 0 radical (unpaired) electrons. The summed E-state index contributed by atoms with van der Waals surface area (Å²) in [5, 5.41) is 30.0. The van der Waals surface area contributed by atoms with Crippen molar-refractivity contribution in [2.24, 2.45) is 0 Å². The van der Waals surface area contributed by atoms with E-state index >= 15 is 0 Å². The first kappa shape index (κ1) is 60.0. The maximum atomic E-state index is 12.7. The zero-order valence-electron chi connectivity index (χ0n) is 37.4. The number of aliphatic hydroxyl groups excluding tert-OH is 3. The van der Waals surface area contributed by atoms with Gasteiger partial charge in [0.25, 0.3) is 0 Å². The van der Waals surface area contributed by atoms with Gasteiger partial charge in [-0.05, 0) is 77.0 Å². The molecule has 0 amide bonds. The zero-order chi connectivity index (χ0) is 46.9. The van der Waals surface area contributed by atoms with Crippen molar-refractivity contribution in [3.63, 3.8) is 0 Å². The van der Waals surface area contributed by atoms with Gasteiger partial charge in [-0.1, -0.05) is 137 Å². The van der Waals surface area contributed by atoms with Gasteiger partial charge in [-0.3, -0.25) is 23.2 Å². The van der Waals surface area contributed by atoms with Gasteiger partial charge in [-0.2, -0.15) is 0 Å². The van der Waals surface area contributed by atoms with Gasteiger partial charge >= 0.3 is 27.6 Å². The molecule has 0 aliphatic carbocycles. The summed E-state index contributed by atoms with van der Waals surface area (Å²) in [5.74, 6) is -1.35. The average molecular weight is 931 g/mol. The highest BCUT2D eigenvalue weighted by molar-refractivity contribution is 7.47. The van der Waals surface area contributed by atoms with Gasteiger partial charge in [-0.25, -0.2) is 9.13 Å². The number of phosphoric ester groups is 2. The largest absolute Gasteiger partial charge is 0.472 e. The van der Waals surface area contributed by atoms with E-state index in [4.69, 9.17) is 23.8 Å². The van der Waals surface area contributed by atoms with Gasteiger partial charge in [0.05, 0.1) is 32.0 Å². The fourth-order valence-corrected chi connectivity index (χ4v) is 6.34. The lowest BCUT2D eigenvalue weighted by Gasteiger charge is -2.20. The SMILES string of the molecule is CCCCC/C=C\C/C=C\C/C=C\C/C=C\CCCC(=O)O[C@H](COC(=O)CCC[C@H](O)\C=C/C=C/C=C/[C@H](O)C/C=C\CCCCC)COP(=O)(O)OC[C@@H](O)COP(=O)(O)O. The molecular weight excluding hydrogens is 854 g/mol. The number of aliphatic hydroxyl groups is 3. The molecule has 0 bridgehead atoms. The Morgan fingerprint density at radius 1 is 0.540 bits per heavy atom. The van der Waals surface area contributed by atoms with E-state index in [1.807, 2.05) is 18.2 Å². The van der Waals surface area contributed by atoms with E-state index in [0.29, 0.717) is 19.3 Å². The smallest absolute Gasteiger partial charge is 0.462 e. The molecule has 0 saturated carbocycles. The molecule has 0 saturated heterocycles. The van der Waals surface area contributed by atoms with Gasteiger partial charge in [0.1, 0.15) is 12.7 Å². The van der Waals surface area contributed by atoms with Gasteiger partial charge in [0.15, 0.2) is 6.10 Å². The highest BCUT2D eigenvalue weighted by Gasteiger charge is 2.28. The Kier molecular flexibility index (Phi) is 38.5. The highest BCUT2D eigenvalue weighted by atomic mass is 31.2. The van der Waals surface area contributed by atoms with E-state index in [1.54, 1.807) is 36.5 Å². The molecule has 0 aromatic rings. The molecule has 15 nitrogen and oxygen atoms in total. The summed E-state index contributed by atoms with van der Waals surface area (Å²) >= 11 is 0. The van der Waals surface area contributed by atoms with Crippen molar-refractivity contribution in [2.45, 2.75) is 154 Å². The third-order valence-corrected chi connectivity index (χ3v) is 10.1. The molecule has 5 atom stereocenters. The van der Waals surface area contributed by atoms with Crippen LogP contribution in [-0.2, 0) is 41.8 Å². The monoisotopic (exact) mass is 930 g/mol. The van der Waals surface area contributed by atoms with Crippen LogP contribution in [-0.4, -0.2) is 92.8 Å². The fraction of sp³-hybridized carbons (Fsp3) is 0.609. The van der Waals surface area contributed by atoms with E-state index < -0.39 is 78.4 Å². The number of carbonyl (C=O) groups excluding carboxylic acids is 2. The van der Waals surface area contributed by atoms with Crippen LogP contribution < -0.4 is 0 Å². The summed E-state index contributed by atoms with van der Waals surface area (Å²) in [6.45, 7) is 1.31. The van der Waals surface area contributed by atoms with Gasteiger partial charge in [0.2, 0.25) is 0 Å². The first-order chi connectivity index (χ1) is 30.2. The molecule has 17 heteroatoms. The van der Waals surface area contributed by atoms with Gasteiger partial charge in [-0.15, -0.1) is 0 Å². The molecule has 0 spiro atoms. The van der Waals surface area contributed by atoms with Crippen molar-refractivity contribution in [3.8, 4) is 0 Å². The summed E-state index contributed by atoms with van der Waals surface area (Å²) < 4.78 is 47.5. The van der Waals surface area contributed by atoms with E-state index in [9.17, 15) is 38.9 Å². The number of rotatable bonds is 40. The third kappa shape index (κ3) is 44.0. The number of hydrogen-bond donors (Lipinski definition) is 6. The molecular formula is C46H76O15P2. The van der Waals surface area contributed by atoms with Crippen molar-refractivity contribution in [1.82, 2.24) is 0 Å². The molecule has 360 valence electrons. The number of allylic oxidation sites excluding steroid dienone is 13. The first-order valence-corrected chi connectivity index (χ1v) is 25.2. The Morgan fingerprint density at radius 2 is 1.03 bits per heavy atom. The number of hydrogen-bond acceptors (Lipinski definition) is 12. The Bertz CT molecular complexity index is 1510. The second-order valence-electron chi connectivity index (χ2n) is 14.7. The summed E-state index contributed by atoms with van der Waals surface area (Å²) in [5.41, 5.74) is 0. The average Bonchev–Trinajstić information content (AvgIpc) is 3.23. The van der Waals surface area contributed by atoms with Crippen LogP contribution in [0.2, 0.25) is 0 Å². The fourth-order valence-electron chi connectivity index (χ4n) is 5.18. The standard InChI is InChI=1S/C46H76O15P2/c1-3-5-7-9-11-12-13-14-15-16-17-18-19-20-21-23-29-35-46(51)61-44(40-60-63(55,56)59-38-43(49)37-58-62(52,53)54)39-57-45(50)36-30-34-42(48)33-28-25-24-27-32-41(47)31-26-22-10-8-6-4-2/h11-12,14-15,17-18,20-22,24-28,32-33,41-44,47-49H,3-10,13,16,19,23,29-31,34-40H2,1-2H3,(H,55,56)(H2,52,53,54)/b12-11-,15-14-,18-17-,21-20-,25-24+,26-22-,32-27+,33-28-/t41-,42-,43+,44-/m1/s1. The number of unbranched alkanes of at least 4 members (excludes halogenated alkanes) is 7. The minimum absolute atomic E-state index is 0.00277. The molecule has 0 aromatic carbocycles. The van der Waals surface area contributed by atoms with Crippen molar-refractivity contribution < 1.29 is 71.8 Å². The lowest BCUT2D eigenvalue weighted by atomic mass is 10.1. The minimum Gasteiger partial charge on any atom is -0.462 e. The number of esters is 2. The summed E-state index contributed by atoms with van der Waals surface area (Å²) in [7, 11) is -9.79. The summed E-state index contributed by atoms with van der Waals surface area (Å²) in [6, 6.07) is 0. The van der Waals surface area contributed by atoms with Crippen molar-refractivity contribution in [1.29, 1.82) is 0 Å². The highest BCUT2D eigenvalue weighted by Crippen LogP contribution is 2.43. The van der Waals surface area contributed by atoms with Crippen molar-refractivity contribution in [2.75, 3.05) is 26.4 Å². The topological polar surface area (TPSA) is 236 Å². The molecule has 0 heterocycles. The maximum absolute atomic E-state index is 12.7. The molecule has 6 N–H and O–H groups in total. The second-order valence-corrected chi connectivity index (χ2v) is 17.4. The van der Waals surface area contributed by atoms with Crippen LogP contribution >= 0.6 is 15.6 Å². The van der Waals surface area contributed by atoms with Gasteiger partial charge < -0.3 is 39.5 Å². The summed E-state index contributed by atoms with van der Waals surface area (Å²) in [6.07, 6.45) is 40.3. The first-order valence-electron chi connectivity index (χ1n) is 22.1. The molecule has 0 aliphatic rings. The van der Waals surface area contributed by atoms with Crippen LogP contribution in [0.5, 0.6) is 0 Å². The molecule has 0 rings (SSSR count). The molecule has 1 unspecified atom stereocenters. The molecule has 63 heavy (non-hydrogen) atoms. The summed E-state index contributed by atoms with van der Waals surface area (Å²) in [4.78, 5) is 52.7. The van der Waals surface area contributed by atoms with Crippen LogP contribution in [0.25, 0.3) is 0 Å².